The molecule has 0 saturated carbocycles. The molecule has 35 heavy (non-hydrogen) atoms. The minimum Gasteiger partial charge on any atom is -0.497 e. The van der Waals surface area contributed by atoms with Gasteiger partial charge in [0.05, 0.1) is 18.0 Å². The number of nitrogens with zero attached hydrogens (tertiary/aromatic N) is 3. The number of nitrogens with one attached hydrogen (secondary N) is 1. The highest BCUT2D eigenvalue weighted by molar-refractivity contribution is 7.71. The molecule has 1 amide bonds. The van der Waals surface area contributed by atoms with Gasteiger partial charge in [0.2, 0.25) is 5.91 Å². The van der Waals surface area contributed by atoms with E-state index in [1.807, 2.05) is 41.3 Å². The normalized spacial score (nSPS) is 14.7. The van der Waals surface area contributed by atoms with Gasteiger partial charge >= 0.3 is 0 Å². The Balaban J connectivity index is 1.20. The van der Waals surface area contributed by atoms with Crippen molar-refractivity contribution in [2.75, 3.05) is 33.3 Å². The monoisotopic (exact) mass is 494 g/mol. The predicted molar refractivity (Wildman–Crippen MR) is 141 cm³/mol. The van der Waals surface area contributed by atoms with Crippen LogP contribution in [0.2, 0.25) is 0 Å². The number of methoxy groups -OCH3 is 1. The lowest BCUT2D eigenvalue weighted by Gasteiger charge is -2.22. The highest BCUT2D eigenvalue weighted by Gasteiger charge is 2.19. The standard InChI is InChI=1S/C27H34N4O3S/c1-34-22-13-11-21(12-14-22)20-29-15-7-16-30(19-18-29)25(32)10-3-2-6-17-31-26(33)23-8-4-5-9-24(23)28-27(31)35/h4-5,8-9,11-14H,2-3,6-7,10,15-20H2,1H3,(H,28,35). The molecule has 1 aromatic heterocycles. The van der Waals surface area contributed by atoms with Crippen LogP contribution in [0.3, 0.4) is 0 Å². The van der Waals surface area contributed by atoms with Gasteiger partial charge in [0.15, 0.2) is 4.77 Å². The van der Waals surface area contributed by atoms with Gasteiger partial charge in [0.25, 0.3) is 5.56 Å². The number of unbranched alkanes of at least 4 members (excludes halogenated alkanes) is 2. The van der Waals surface area contributed by atoms with Crippen molar-refractivity contribution in [3.8, 4) is 5.75 Å². The van der Waals surface area contributed by atoms with Gasteiger partial charge in [0, 0.05) is 45.7 Å². The molecule has 2 aromatic carbocycles. The molecular weight excluding hydrogens is 460 g/mol. The fourth-order valence-corrected chi connectivity index (χ4v) is 4.93. The van der Waals surface area contributed by atoms with Gasteiger partial charge in [-0.25, -0.2) is 0 Å². The van der Waals surface area contributed by atoms with Crippen LogP contribution in [0.5, 0.6) is 5.75 Å². The van der Waals surface area contributed by atoms with Crippen molar-refractivity contribution in [2.45, 2.75) is 45.2 Å². The van der Waals surface area contributed by atoms with Gasteiger partial charge in [0.1, 0.15) is 5.75 Å². The number of hydrogen-bond donors (Lipinski definition) is 1. The summed E-state index contributed by atoms with van der Waals surface area (Å²) in [7, 11) is 1.68. The third-order valence-electron chi connectivity index (χ3n) is 6.67. The van der Waals surface area contributed by atoms with Crippen LogP contribution in [0.25, 0.3) is 10.9 Å². The number of carbonyl (C=O) groups excluding carboxylic acids is 1. The average Bonchev–Trinajstić information content (AvgIpc) is 3.11. The molecule has 1 N–H and O–H groups in total. The number of rotatable bonds is 9. The fourth-order valence-electron chi connectivity index (χ4n) is 4.65. The zero-order chi connectivity index (χ0) is 24.6. The Labute approximate surface area is 211 Å². The van der Waals surface area contributed by atoms with E-state index < -0.39 is 0 Å². The molecule has 3 aromatic rings. The number of carbonyl (C=O) groups is 1. The van der Waals surface area contributed by atoms with Crippen LogP contribution in [0, 0.1) is 4.77 Å². The first-order valence-corrected chi connectivity index (χ1v) is 12.8. The van der Waals surface area contributed by atoms with E-state index in [0.717, 1.165) is 69.7 Å². The zero-order valence-electron chi connectivity index (χ0n) is 20.4. The second-order valence-corrected chi connectivity index (χ2v) is 9.49. The molecule has 0 radical (unpaired) electrons. The summed E-state index contributed by atoms with van der Waals surface area (Å²) in [5, 5.41) is 0.651. The van der Waals surface area contributed by atoms with Gasteiger partial charge in [-0.1, -0.05) is 30.7 Å². The molecule has 0 aliphatic carbocycles. The molecule has 0 bridgehead atoms. The van der Waals surface area contributed by atoms with Gasteiger partial charge < -0.3 is 14.6 Å². The van der Waals surface area contributed by atoms with Crippen LogP contribution in [0.4, 0.5) is 0 Å². The van der Waals surface area contributed by atoms with E-state index >= 15 is 0 Å². The highest BCUT2D eigenvalue weighted by Crippen LogP contribution is 2.15. The predicted octanol–water partition coefficient (Wildman–Crippen LogP) is 4.36. The summed E-state index contributed by atoms with van der Waals surface area (Å²) >= 11 is 5.38. The Kier molecular flexibility index (Phi) is 8.71. The maximum atomic E-state index is 12.8. The molecule has 4 rings (SSSR count). The van der Waals surface area contributed by atoms with Gasteiger partial charge in [-0.15, -0.1) is 0 Å². The van der Waals surface area contributed by atoms with E-state index in [-0.39, 0.29) is 11.5 Å². The molecule has 1 aliphatic rings. The van der Waals surface area contributed by atoms with Crippen molar-refractivity contribution < 1.29 is 9.53 Å². The number of fused-ring (bicyclic) bond motifs is 1. The van der Waals surface area contributed by atoms with E-state index in [9.17, 15) is 9.59 Å². The molecule has 1 fully saturated rings. The smallest absolute Gasteiger partial charge is 0.262 e. The van der Waals surface area contributed by atoms with Crippen molar-refractivity contribution in [1.82, 2.24) is 19.4 Å². The molecule has 1 saturated heterocycles. The van der Waals surface area contributed by atoms with E-state index in [2.05, 4.69) is 22.0 Å². The first-order chi connectivity index (χ1) is 17.0. The first-order valence-electron chi connectivity index (χ1n) is 12.4. The number of H-pyrrole nitrogens is 1. The summed E-state index contributed by atoms with van der Waals surface area (Å²) in [4.78, 5) is 33.1. The minimum atomic E-state index is -0.0517. The number of amides is 1. The maximum absolute atomic E-state index is 12.8. The lowest BCUT2D eigenvalue weighted by atomic mass is 10.1. The summed E-state index contributed by atoms with van der Waals surface area (Å²) in [6, 6.07) is 15.6. The van der Waals surface area contributed by atoms with Crippen LogP contribution in [0.1, 0.15) is 37.7 Å². The highest BCUT2D eigenvalue weighted by atomic mass is 32.1. The number of ether oxygens (including phenoxy) is 1. The maximum Gasteiger partial charge on any atom is 0.262 e. The van der Waals surface area contributed by atoms with Crippen LogP contribution in [-0.2, 0) is 17.9 Å². The lowest BCUT2D eigenvalue weighted by molar-refractivity contribution is -0.131. The van der Waals surface area contributed by atoms with Crippen molar-refractivity contribution in [3.63, 3.8) is 0 Å². The van der Waals surface area contributed by atoms with Crippen LogP contribution >= 0.6 is 12.2 Å². The average molecular weight is 495 g/mol. The van der Waals surface area contributed by atoms with Crippen LogP contribution in [-0.4, -0.2) is 58.5 Å². The molecule has 7 nitrogen and oxygen atoms in total. The Morgan fingerprint density at radius 1 is 1.00 bits per heavy atom. The van der Waals surface area contributed by atoms with Crippen LogP contribution in [0.15, 0.2) is 53.3 Å². The van der Waals surface area contributed by atoms with Crippen molar-refractivity contribution in [2.24, 2.45) is 0 Å². The third kappa shape index (κ3) is 6.58. The fraction of sp³-hybridized carbons (Fsp3) is 0.444. The molecule has 186 valence electrons. The zero-order valence-corrected chi connectivity index (χ0v) is 21.2. The topological polar surface area (TPSA) is 70.6 Å². The Hall–Kier alpha value is -2.97. The lowest BCUT2D eigenvalue weighted by Crippen LogP contribution is -2.35. The summed E-state index contributed by atoms with van der Waals surface area (Å²) in [6.45, 7) is 4.94. The van der Waals surface area contributed by atoms with E-state index in [0.29, 0.717) is 23.1 Å². The Bertz CT molecular complexity index is 1250. The summed E-state index contributed by atoms with van der Waals surface area (Å²) in [6.07, 6.45) is 4.07. The molecule has 1 aliphatic heterocycles. The van der Waals surface area contributed by atoms with Crippen molar-refractivity contribution >= 4 is 29.0 Å². The quantitative estimate of drug-likeness (QED) is 0.354. The molecule has 0 spiro atoms. The van der Waals surface area contributed by atoms with Crippen molar-refractivity contribution in [1.29, 1.82) is 0 Å². The van der Waals surface area contributed by atoms with Gasteiger partial charge in [-0.05, 0) is 61.3 Å². The SMILES string of the molecule is COc1ccc(CN2CCCN(C(=O)CCCCCn3c(=S)[nH]c4ccccc4c3=O)CC2)cc1. The molecule has 0 unspecified atom stereocenters. The molecule has 2 heterocycles. The first kappa shape index (κ1) is 25.1. The Morgan fingerprint density at radius 3 is 2.60 bits per heavy atom. The second-order valence-electron chi connectivity index (χ2n) is 9.10. The number of benzene rings is 2. The molecule has 0 atom stereocenters. The number of aromatic nitrogens is 2. The minimum absolute atomic E-state index is 0.0517. The van der Waals surface area contributed by atoms with Gasteiger partial charge in [-0.2, -0.15) is 0 Å². The largest absolute Gasteiger partial charge is 0.497 e. The Morgan fingerprint density at radius 2 is 1.80 bits per heavy atom. The molecule has 8 heteroatoms. The van der Waals surface area contributed by atoms with Crippen LogP contribution < -0.4 is 10.3 Å². The second kappa shape index (κ2) is 12.1. The van der Waals surface area contributed by atoms with E-state index in [1.54, 1.807) is 11.7 Å². The third-order valence-corrected chi connectivity index (χ3v) is 6.99. The number of hydrogen-bond acceptors (Lipinski definition) is 5. The van der Waals surface area contributed by atoms with Crippen molar-refractivity contribution in [3.05, 3.63) is 69.2 Å². The van der Waals surface area contributed by atoms with E-state index in [4.69, 9.17) is 17.0 Å². The van der Waals surface area contributed by atoms with Gasteiger partial charge in [-0.3, -0.25) is 19.1 Å². The van der Waals surface area contributed by atoms with E-state index in [1.165, 1.54) is 5.56 Å². The summed E-state index contributed by atoms with van der Waals surface area (Å²) < 4.78 is 7.32. The summed E-state index contributed by atoms with van der Waals surface area (Å²) in [5.41, 5.74) is 1.98. The molecular formula is C27H34N4O3S. The summed E-state index contributed by atoms with van der Waals surface area (Å²) in [5.74, 6) is 1.10. The number of aromatic amines is 1. The number of para-hydroxylation sites is 1.